The van der Waals surface area contributed by atoms with Crippen LogP contribution in [0.5, 0.6) is 0 Å². The van der Waals surface area contributed by atoms with Crippen molar-refractivity contribution in [1.82, 2.24) is 19.7 Å². The van der Waals surface area contributed by atoms with E-state index in [-0.39, 0.29) is 5.69 Å². The molecule has 0 aromatic carbocycles. The first-order chi connectivity index (χ1) is 6.77. The highest BCUT2D eigenvalue weighted by atomic mass is 16.4. The molecule has 2 aromatic heterocycles. The van der Waals surface area contributed by atoms with Crippen molar-refractivity contribution in [2.45, 2.75) is 0 Å². The molecule has 0 unspecified atom stereocenters. The average Bonchev–Trinajstić information content (AvgIpc) is 2.68. The molecule has 0 saturated heterocycles. The fraction of sp³-hybridized carbons (Fsp3) is 0. The number of hydrogen-bond acceptors (Lipinski definition) is 4. The zero-order chi connectivity index (χ0) is 9.97. The minimum absolute atomic E-state index is 0.0105. The smallest absolute Gasteiger partial charge is 0.356 e. The van der Waals surface area contributed by atoms with Crippen LogP contribution in [-0.2, 0) is 0 Å². The van der Waals surface area contributed by atoms with Gasteiger partial charge in [0.15, 0.2) is 11.5 Å². The van der Waals surface area contributed by atoms with E-state index >= 15 is 0 Å². The lowest BCUT2D eigenvalue weighted by Gasteiger charge is -1.96. The Bertz CT molecular complexity index is 451. The van der Waals surface area contributed by atoms with Crippen molar-refractivity contribution in [3.63, 3.8) is 0 Å². The Labute approximate surface area is 78.9 Å². The van der Waals surface area contributed by atoms with Crippen LogP contribution in [0.2, 0.25) is 0 Å². The normalized spacial score (nSPS) is 10.0. The van der Waals surface area contributed by atoms with Gasteiger partial charge in [-0.15, -0.1) is 0 Å². The van der Waals surface area contributed by atoms with Crippen LogP contribution in [0.1, 0.15) is 10.5 Å². The van der Waals surface area contributed by atoms with Crippen molar-refractivity contribution in [3.05, 3.63) is 36.5 Å². The fourth-order valence-corrected chi connectivity index (χ4v) is 0.985. The summed E-state index contributed by atoms with van der Waals surface area (Å²) in [7, 11) is 0. The molecule has 6 heteroatoms. The van der Waals surface area contributed by atoms with Gasteiger partial charge in [-0.25, -0.2) is 19.4 Å². The van der Waals surface area contributed by atoms with Crippen LogP contribution >= 0.6 is 0 Å². The molecule has 14 heavy (non-hydrogen) atoms. The molecule has 0 aliphatic rings. The monoisotopic (exact) mass is 190 g/mol. The number of aromatic nitrogens is 4. The first-order valence-corrected chi connectivity index (χ1v) is 3.83. The fourth-order valence-electron chi connectivity index (χ4n) is 0.985. The lowest BCUT2D eigenvalue weighted by atomic mass is 10.5. The van der Waals surface area contributed by atoms with Crippen LogP contribution in [0.4, 0.5) is 0 Å². The lowest BCUT2D eigenvalue weighted by molar-refractivity contribution is 0.0690. The molecule has 0 atom stereocenters. The van der Waals surface area contributed by atoms with E-state index < -0.39 is 5.97 Å². The van der Waals surface area contributed by atoms with Crippen molar-refractivity contribution < 1.29 is 9.90 Å². The summed E-state index contributed by atoms with van der Waals surface area (Å²) in [5, 5.41) is 12.4. The summed E-state index contributed by atoms with van der Waals surface area (Å²) in [5.74, 6) is -0.523. The first kappa shape index (κ1) is 8.36. The van der Waals surface area contributed by atoms with Crippen molar-refractivity contribution >= 4 is 5.97 Å². The molecule has 70 valence electrons. The largest absolute Gasteiger partial charge is 0.476 e. The second-order valence-corrected chi connectivity index (χ2v) is 2.52. The molecule has 0 bridgehead atoms. The van der Waals surface area contributed by atoms with Gasteiger partial charge in [0, 0.05) is 18.5 Å². The van der Waals surface area contributed by atoms with Crippen LogP contribution in [0.15, 0.2) is 30.9 Å². The van der Waals surface area contributed by atoms with E-state index in [1.165, 1.54) is 23.3 Å². The molecule has 2 aromatic rings. The molecule has 0 fully saturated rings. The molecule has 1 N–H and O–H groups in total. The molecule has 2 heterocycles. The minimum Gasteiger partial charge on any atom is -0.476 e. The molecule has 0 radical (unpaired) electrons. The standard InChI is InChI=1S/C8H6N4O2/c13-8(14)6-2-4-12(11-6)7-1-3-9-5-10-7/h1-5H,(H,13,14). The number of hydrogen-bond donors (Lipinski definition) is 1. The molecule has 2 rings (SSSR count). The molecular formula is C8H6N4O2. The highest BCUT2D eigenvalue weighted by Gasteiger charge is 2.07. The van der Waals surface area contributed by atoms with Crippen molar-refractivity contribution in [2.24, 2.45) is 0 Å². The molecular weight excluding hydrogens is 184 g/mol. The first-order valence-electron chi connectivity index (χ1n) is 3.83. The molecule has 0 spiro atoms. The summed E-state index contributed by atoms with van der Waals surface area (Å²) in [5.41, 5.74) is -0.0105. The Morgan fingerprint density at radius 2 is 2.29 bits per heavy atom. The molecule has 0 aliphatic carbocycles. The number of carboxylic acid groups (broad SMARTS) is 1. The zero-order valence-corrected chi connectivity index (χ0v) is 7.03. The van der Waals surface area contributed by atoms with E-state index in [1.54, 1.807) is 12.3 Å². The van der Waals surface area contributed by atoms with E-state index in [1.807, 2.05) is 0 Å². The average molecular weight is 190 g/mol. The minimum atomic E-state index is -1.06. The van der Waals surface area contributed by atoms with Gasteiger partial charge < -0.3 is 5.11 Å². The summed E-state index contributed by atoms with van der Waals surface area (Å²) >= 11 is 0. The van der Waals surface area contributed by atoms with Gasteiger partial charge in [-0.2, -0.15) is 5.10 Å². The summed E-state index contributed by atoms with van der Waals surface area (Å²) in [4.78, 5) is 18.2. The maximum absolute atomic E-state index is 10.5. The Hall–Kier alpha value is -2.24. The third-order valence-electron chi connectivity index (χ3n) is 1.61. The maximum Gasteiger partial charge on any atom is 0.356 e. The second-order valence-electron chi connectivity index (χ2n) is 2.52. The lowest BCUT2D eigenvalue weighted by Crippen LogP contribution is -2.02. The second kappa shape index (κ2) is 3.25. The van der Waals surface area contributed by atoms with Gasteiger partial charge in [-0.05, 0) is 6.07 Å². The zero-order valence-electron chi connectivity index (χ0n) is 7.03. The van der Waals surface area contributed by atoms with E-state index in [2.05, 4.69) is 15.1 Å². The number of carbonyl (C=O) groups is 1. The molecule has 0 aliphatic heterocycles. The SMILES string of the molecule is O=C(O)c1ccn(-c2ccncn2)n1. The third-order valence-corrected chi connectivity index (χ3v) is 1.61. The Balaban J connectivity index is 2.39. The van der Waals surface area contributed by atoms with Crippen molar-refractivity contribution in [2.75, 3.05) is 0 Å². The van der Waals surface area contributed by atoms with Crippen LogP contribution < -0.4 is 0 Å². The summed E-state index contributed by atoms with van der Waals surface area (Å²) in [6.07, 6.45) is 4.47. The van der Waals surface area contributed by atoms with Gasteiger partial charge in [0.1, 0.15) is 6.33 Å². The number of rotatable bonds is 2. The number of carboxylic acids is 1. The molecule has 0 amide bonds. The predicted octanol–water partition coefficient (Wildman–Crippen LogP) is 0.360. The van der Waals surface area contributed by atoms with Gasteiger partial charge in [0.05, 0.1) is 0 Å². The van der Waals surface area contributed by atoms with Gasteiger partial charge in [0.2, 0.25) is 0 Å². The van der Waals surface area contributed by atoms with Crippen LogP contribution in [0.25, 0.3) is 5.82 Å². The Morgan fingerprint density at radius 3 is 2.86 bits per heavy atom. The summed E-state index contributed by atoms with van der Waals surface area (Å²) in [6, 6.07) is 3.04. The highest BCUT2D eigenvalue weighted by molar-refractivity contribution is 5.85. The molecule has 6 nitrogen and oxygen atoms in total. The third kappa shape index (κ3) is 1.45. The van der Waals surface area contributed by atoms with E-state index in [9.17, 15) is 4.79 Å². The molecule has 0 saturated carbocycles. The summed E-state index contributed by atoms with van der Waals surface area (Å²) < 4.78 is 1.38. The topological polar surface area (TPSA) is 80.9 Å². The van der Waals surface area contributed by atoms with E-state index in [4.69, 9.17) is 5.11 Å². The van der Waals surface area contributed by atoms with Crippen LogP contribution in [-0.4, -0.2) is 30.8 Å². The quantitative estimate of drug-likeness (QED) is 0.739. The Morgan fingerprint density at radius 1 is 1.43 bits per heavy atom. The van der Waals surface area contributed by atoms with Gasteiger partial charge in [0.25, 0.3) is 0 Å². The number of nitrogens with zero attached hydrogens (tertiary/aromatic N) is 4. The highest BCUT2D eigenvalue weighted by Crippen LogP contribution is 2.02. The number of aromatic carboxylic acids is 1. The van der Waals surface area contributed by atoms with Gasteiger partial charge in [-0.1, -0.05) is 0 Å². The van der Waals surface area contributed by atoms with E-state index in [0.29, 0.717) is 5.82 Å². The maximum atomic E-state index is 10.5. The van der Waals surface area contributed by atoms with Crippen molar-refractivity contribution in [3.8, 4) is 5.82 Å². The van der Waals surface area contributed by atoms with Crippen LogP contribution in [0, 0.1) is 0 Å². The predicted molar refractivity (Wildman–Crippen MR) is 46.1 cm³/mol. The Kier molecular flexibility index (Phi) is 1.94. The van der Waals surface area contributed by atoms with Gasteiger partial charge >= 0.3 is 5.97 Å². The summed E-state index contributed by atoms with van der Waals surface area (Å²) in [6.45, 7) is 0. The van der Waals surface area contributed by atoms with E-state index in [0.717, 1.165) is 0 Å². The van der Waals surface area contributed by atoms with Crippen LogP contribution in [0.3, 0.4) is 0 Å². The van der Waals surface area contributed by atoms with Gasteiger partial charge in [-0.3, -0.25) is 0 Å². The van der Waals surface area contributed by atoms with Crippen molar-refractivity contribution in [1.29, 1.82) is 0 Å².